The normalized spacial score (nSPS) is 15.1. The van der Waals surface area contributed by atoms with E-state index in [1.54, 1.807) is 0 Å². The maximum atomic E-state index is 12.7. The highest BCUT2D eigenvalue weighted by atomic mass is 31.1. The molecule has 2 aromatic rings. The van der Waals surface area contributed by atoms with Crippen LogP contribution in [0.15, 0.2) is 24.3 Å². The van der Waals surface area contributed by atoms with Crippen molar-refractivity contribution in [3.8, 4) is 11.5 Å². The van der Waals surface area contributed by atoms with E-state index in [1.165, 1.54) is 11.1 Å². The van der Waals surface area contributed by atoms with Gasteiger partial charge >= 0.3 is 8.25 Å². The van der Waals surface area contributed by atoms with Crippen LogP contribution in [0, 0.1) is 13.8 Å². The quantitative estimate of drug-likeness (QED) is 0.536. The first-order chi connectivity index (χ1) is 12.7. The molecule has 1 aliphatic rings. The fourth-order valence-electron chi connectivity index (χ4n) is 3.75. The van der Waals surface area contributed by atoms with Crippen LogP contribution >= 0.6 is 8.25 Å². The molecule has 27 heavy (non-hydrogen) atoms. The maximum absolute atomic E-state index is 12.7. The third-order valence-electron chi connectivity index (χ3n) is 5.02. The van der Waals surface area contributed by atoms with Gasteiger partial charge < -0.3 is 0 Å². The number of hydrogen-bond donors (Lipinski definition) is 0. The van der Waals surface area contributed by atoms with Gasteiger partial charge in [0.15, 0.2) is 11.5 Å². The van der Waals surface area contributed by atoms with E-state index in [0.29, 0.717) is 0 Å². The summed E-state index contributed by atoms with van der Waals surface area (Å²) < 4.78 is 24.5. The van der Waals surface area contributed by atoms with Crippen LogP contribution in [0.4, 0.5) is 0 Å². The lowest BCUT2D eigenvalue weighted by atomic mass is 9.83. The highest BCUT2D eigenvalue weighted by Gasteiger charge is 2.35. The summed E-state index contributed by atoms with van der Waals surface area (Å²) in [6.07, 6.45) is 3.85. The van der Waals surface area contributed by atoms with Crippen LogP contribution in [-0.2, 0) is 22.8 Å². The standard InChI is InChI=1S/C23H30O3P/c1-7-8-9-17-10-15(2)11-18-14-19-12-16(3)13-20(23(4,5)6)22(19)26-27(24)25-21(17)18/h10-13H,7-9,14H2,1-6H3/q+1. The van der Waals surface area contributed by atoms with Gasteiger partial charge in [0, 0.05) is 33.2 Å². The predicted molar refractivity (Wildman–Crippen MR) is 111 cm³/mol. The minimum atomic E-state index is -2.27. The summed E-state index contributed by atoms with van der Waals surface area (Å²) in [5, 5.41) is 0. The average Bonchev–Trinajstić information content (AvgIpc) is 2.55. The Labute approximate surface area is 164 Å². The SMILES string of the molecule is CCCCc1cc(C)cc2c1O[P+](=O)Oc1c(cc(C)cc1C(C)(C)C)C2. The van der Waals surface area contributed by atoms with E-state index in [4.69, 9.17) is 9.05 Å². The molecule has 0 saturated heterocycles. The van der Waals surface area contributed by atoms with Gasteiger partial charge in [-0.1, -0.05) is 69.5 Å². The molecule has 3 nitrogen and oxygen atoms in total. The number of unbranched alkanes of at least 4 members (excludes halogenated alkanes) is 1. The lowest BCUT2D eigenvalue weighted by molar-refractivity contribution is 0.399. The van der Waals surface area contributed by atoms with Gasteiger partial charge in [-0.2, -0.15) is 0 Å². The third kappa shape index (κ3) is 4.35. The van der Waals surface area contributed by atoms with Crippen molar-refractivity contribution in [2.45, 2.75) is 72.6 Å². The van der Waals surface area contributed by atoms with Crippen molar-refractivity contribution in [2.75, 3.05) is 0 Å². The predicted octanol–water partition coefficient (Wildman–Crippen LogP) is 6.96. The second kappa shape index (κ2) is 7.64. The Kier molecular flexibility index (Phi) is 5.63. The smallest absolute Gasteiger partial charge is 0.222 e. The molecule has 1 aliphatic heterocycles. The topological polar surface area (TPSA) is 35.5 Å². The lowest BCUT2D eigenvalue weighted by Crippen LogP contribution is -2.15. The van der Waals surface area contributed by atoms with Crippen molar-refractivity contribution in [2.24, 2.45) is 0 Å². The molecule has 0 radical (unpaired) electrons. The summed E-state index contributed by atoms with van der Waals surface area (Å²) in [4.78, 5) is 0. The first-order valence-corrected chi connectivity index (χ1v) is 10.9. The van der Waals surface area contributed by atoms with Crippen LogP contribution in [0.5, 0.6) is 11.5 Å². The zero-order valence-electron chi connectivity index (χ0n) is 17.3. The third-order valence-corrected chi connectivity index (χ3v) is 5.68. The molecule has 3 rings (SSSR count). The van der Waals surface area contributed by atoms with Crippen molar-refractivity contribution in [3.63, 3.8) is 0 Å². The number of benzene rings is 2. The van der Waals surface area contributed by atoms with Crippen molar-refractivity contribution in [3.05, 3.63) is 57.6 Å². The van der Waals surface area contributed by atoms with Crippen LogP contribution in [-0.4, -0.2) is 0 Å². The molecule has 2 aromatic carbocycles. The lowest BCUT2D eigenvalue weighted by Gasteiger charge is -2.24. The molecule has 144 valence electrons. The summed E-state index contributed by atoms with van der Waals surface area (Å²) in [6, 6.07) is 8.59. The van der Waals surface area contributed by atoms with Crippen LogP contribution in [0.2, 0.25) is 0 Å². The minimum absolute atomic E-state index is 0.104. The van der Waals surface area contributed by atoms with Gasteiger partial charge in [-0.3, -0.25) is 0 Å². The highest BCUT2D eigenvalue weighted by molar-refractivity contribution is 7.34. The molecule has 0 N–H and O–H groups in total. The highest BCUT2D eigenvalue weighted by Crippen LogP contribution is 2.45. The van der Waals surface area contributed by atoms with E-state index >= 15 is 0 Å². The molecule has 0 amide bonds. The van der Waals surface area contributed by atoms with Crippen LogP contribution < -0.4 is 9.05 Å². The molecule has 4 heteroatoms. The van der Waals surface area contributed by atoms with Gasteiger partial charge in [0.2, 0.25) is 0 Å². The second-order valence-electron chi connectivity index (χ2n) is 8.65. The first-order valence-electron chi connectivity index (χ1n) is 9.78. The summed E-state index contributed by atoms with van der Waals surface area (Å²) in [5.41, 5.74) is 6.69. The van der Waals surface area contributed by atoms with E-state index in [9.17, 15) is 4.57 Å². The summed E-state index contributed by atoms with van der Waals surface area (Å²) in [7, 11) is -2.27. The zero-order chi connectivity index (χ0) is 19.8. The Morgan fingerprint density at radius 1 is 0.963 bits per heavy atom. The van der Waals surface area contributed by atoms with E-state index in [2.05, 4.69) is 65.8 Å². The van der Waals surface area contributed by atoms with Crippen molar-refractivity contribution in [1.82, 2.24) is 0 Å². The Morgan fingerprint density at radius 3 is 2.19 bits per heavy atom. The molecule has 1 atom stereocenters. The van der Waals surface area contributed by atoms with Crippen molar-refractivity contribution in [1.29, 1.82) is 0 Å². The molecular weight excluding hydrogens is 355 g/mol. The number of hydrogen-bond acceptors (Lipinski definition) is 3. The van der Waals surface area contributed by atoms with Gasteiger partial charge in [0.1, 0.15) is 0 Å². The molecule has 0 aliphatic carbocycles. The molecule has 0 bridgehead atoms. The number of rotatable bonds is 3. The first kappa shape index (κ1) is 19.9. The van der Waals surface area contributed by atoms with E-state index in [0.717, 1.165) is 59.4 Å². The van der Waals surface area contributed by atoms with Gasteiger partial charge in [-0.05, 0) is 32.1 Å². The number of aryl methyl sites for hydroxylation is 3. The second-order valence-corrected chi connectivity index (χ2v) is 9.46. The van der Waals surface area contributed by atoms with Gasteiger partial charge in [0.05, 0.1) is 0 Å². The molecule has 0 aromatic heterocycles. The summed E-state index contributed by atoms with van der Waals surface area (Å²) >= 11 is 0. The fourth-order valence-corrected chi connectivity index (χ4v) is 4.53. The molecule has 1 heterocycles. The van der Waals surface area contributed by atoms with Gasteiger partial charge in [0.25, 0.3) is 0 Å². The van der Waals surface area contributed by atoms with Gasteiger partial charge in [-0.15, -0.1) is 0 Å². The Morgan fingerprint density at radius 2 is 1.56 bits per heavy atom. The summed E-state index contributed by atoms with van der Waals surface area (Å²) in [6.45, 7) is 12.9. The van der Waals surface area contributed by atoms with Gasteiger partial charge in [-0.25, -0.2) is 9.05 Å². The van der Waals surface area contributed by atoms with E-state index in [-0.39, 0.29) is 5.41 Å². The molecule has 0 fully saturated rings. The molecule has 0 spiro atoms. The Hall–Kier alpha value is -1.86. The monoisotopic (exact) mass is 385 g/mol. The number of fused-ring (bicyclic) bond motifs is 2. The van der Waals surface area contributed by atoms with Crippen LogP contribution in [0.3, 0.4) is 0 Å². The summed E-state index contributed by atoms with van der Waals surface area (Å²) in [5.74, 6) is 1.47. The van der Waals surface area contributed by atoms with E-state index in [1.807, 2.05) is 0 Å². The Balaban J connectivity index is 2.18. The average molecular weight is 385 g/mol. The largest absolute Gasteiger partial charge is 0.805 e. The van der Waals surface area contributed by atoms with Crippen LogP contribution in [0.1, 0.15) is 73.9 Å². The fraction of sp³-hybridized carbons (Fsp3) is 0.478. The molecule has 1 unspecified atom stereocenters. The minimum Gasteiger partial charge on any atom is -0.222 e. The molecular formula is C23H30O3P+. The zero-order valence-corrected chi connectivity index (χ0v) is 18.2. The van der Waals surface area contributed by atoms with E-state index < -0.39 is 8.25 Å². The Bertz CT molecular complexity index is 878. The van der Waals surface area contributed by atoms with Crippen molar-refractivity contribution >= 4 is 8.25 Å². The molecule has 0 saturated carbocycles. The maximum Gasteiger partial charge on any atom is 0.805 e. The van der Waals surface area contributed by atoms with Crippen LogP contribution in [0.25, 0.3) is 0 Å². The van der Waals surface area contributed by atoms with Crippen molar-refractivity contribution < 1.29 is 13.6 Å².